The molecule has 0 bridgehead atoms. The number of benzene rings is 8. The van der Waals surface area contributed by atoms with Gasteiger partial charge in [0.15, 0.2) is 0 Å². The summed E-state index contributed by atoms with van der Waals surface area (Å²) in [7, 11) is 3.15. The summed E-state index contributed by atoms with van der Waals surface area (Å²) in [5.74, 6) is 1.15. The molecule has 0 atom stereocenters. The highest BCUT2D eigenvalue weighted by Crippen LogP contribution is 2.34. The number of nitrogens with one attached hydrogen (secondary N) is 1. The second kappa shape index (κ2) is 21.6. The van der Waals surface area contributed by atoms with Gasteiger partial charge in [0.05, 0.1) is 25.3 Å². The number of nitrogens with zero attached hydrogens (tertiary/aromatic N) is 1. The van der Waals surface area contributed by atoms with Gasteiger partial charge in [-0.2, -0.15) is 0 Å². The maximum Gasteiger partial charge on any atom is 0.258 e. The van der Waals surface area contributed by atoms with E-state index in [1.165, 1.54) is 47.8 Å². The lowest BCUT2D eigenvalue weighted by molar-refractivity contribution is 0.0666. The van der Waals surface area contributed by atoms with Crippen molar-refractivity contribution >= 4 is 44.3 Å². The van der Waals surface area contributed by atoms with Crippen molar-refractivity contribution in [3.8, 4) is 11.5 Å². The number of hydrogen-bond acceptors (Lipinski definition) is 5. The monoisotopic (exact) mass is 866 g/mol. The van der Waals surface area contributed by atoms with Crippen molar-refractivity contribution in [1.29, 1.82) is 0 Å². The highest BCUT2D eigenvalue weighted by molar-refractivity contribution is 6.69. The molecule has 1 N–H and O–H groups in total. The van der Waals surface area contributed by atoms with E-state index in [9.17, 15) is 9.59 Å². The number of rotatable bonds is 10. The molecule has 0 fully saturated rings. The zero-order valence-electron chi connectivity index (χ0n) is 35.7. The van der Waals surface area contributed by atoms with Crippen molar-refractivity contribution in [1.82, 2.24) is 10.2 Å². The molecule has 0 aliphatic heterocycles. The zero-order valence-corrected chi connectivity index (χ0v) is 36.4. The fourth-order valence-electron chi connectivity index (χ4n) is 8.87. The summed E-state index contributed by atoms with van der Waals surface area (Å²) in [4.78, 5) is 27.5. The Bertz CT molecular complexity index is 2780. The van der Waals surface area contributed by atoms with Crippen molar-refractivity contribution in [3.63, 3.8) is 0 Å². The lowest BCUT2D eigenvalue weighted by atomic mass is 10.0. The molecular formula is C57H55ClN2O4. The van der Waals surface area contributed by atoms with E-state index in [4.69, 9.17) is 21.1 Å². The van der Waals surface area contributed by atoms with Gasteiger partial charge in [-0.25, -0.2) is 0 Å². The summed E-state index contributed by atoms with van der Waals surface area (Å²) >= 11 is 5.55. The van der Waals surface area contributed by atoms with Crippen LogP contribution in [-0.2, 0) is 38.8 Å². The Morgan fingerprint density at radius 3 is 1.45 bits per heavy atom. The molecule has 8 aromatic carbocycles. The minimum atomic E-state index is -0.497. The minimum Gasteiger partial charge on any atom is -0.496 e. The second-order valence-electron chi connectivity index (χ2n) is 16.0. The van der Waals surface area contributed by atoms with Crippen LogP contribution in [0, 0.1) is 0 Å². The Kier molecular flexibility index (Phi) is 15.3. The zero-order chi connectivity index (χ0) is 43.5. The number of fused-ring (bicyclic) bond motifs is 4. The number of hydrogen-bond donors (Lipinski definition) is 1. The van der Waals surface area contributed by atoms with Crippen LogP contribution in [0.15, 0.2) is 182 Å². The van der Waals surface area contributed by atoms with E-state index >= 15 is 0 Å². The van der Waals surface area contributed by atoms with Crippen molar-refractivity contribution in [2.75, 3.05) is 14.2 Å². The highest BCUT2D eigenvalue weighted by atomic mass is 35.5. The van der Waals surface area contributed by atoms with Crippen LogP contribution in [0.25, 0.3) is 21.5 Å². The fraction of sp³-hybridized carbons (Fsp3) is 0.193. The maximum absolute atomic E-state index is 14.1. The highest BCUT2D eigenvalue weighted by Gasteiger charge is 2.32. The summed E-state index contributed by atoms with van der Waals surface area (Å²) < 4.78 is 10.8. The third-order valence-corrected chi connectivity index (χ3v) is 12.2. The second-order valence-corrected chi connectivity index (χ2v) is 16.3. The third-order valence-electron chi connectivity index (χ3n) is 12.0. The molecule has 0 spiro atoms. The Labute approximate surface area is 382 Å². The first-order valence-corrected chi connectivity index (χ1v) is 21.8. The largest absolute Gasteiger partial charge is 0.496 e. The van der Waals surface area contributed by atoms with Gasteiger partial charge in [-0.1, -0.05) is 177 Å². The quantitative estimate of drug-likeness (QED) is 0.139. The van der Waals surface area contributed by atoms with Crippen molar-refractivity contribution in [2.45, 2.75) is 58.3 Å². The molecule has 0 heterocycles. The van der Waals surface area contributed by atoms with Crippen molar-refractivity contribution in [3.05, 3.63) is 226 Å². The van der Waals surface area contributed by atoms with Gasteiger partial charge in [0, 0.05) is 25.2 Å². The Morgan fingerprint density at radius 2 is 0.953 bits per heavy atom. The fourth-order valence-corrected chi connectivity index (χ4v) is 9.07. The van der Waals surface area contributed by atoms with Gasteiger partial charge >= 0.3 is 0 Å². The molecule has 64 heavy (non-hydrogen) atoms. The van der Waals surface area contributed by atoms with Gasteiger partial charge in [0.25, 0.3) is 11.1 Å². The van der Waals surface area contributed by atoms with E-state index in [1.54, 1.807) is 13.2 Å². The summed E-state index contributed by atoms with van der Waals surface area (Å²) in [5.41, 5.74) is 9.27. The summed E-state index contributed by atoms with van der Waals surface area (Å²) in [5, 5.41) is 6.91. The molecule has 324 valence electrons. The summed E-state index contributed by atoms with van der Waals surface area (Å²) in [6, 6.07) is 62.0. The molecule has 10 rings (SSSR count). The van der Waals surface area contributed by atoms with Gasteiger partial charge < -0.3 is 19.7 Å². The predicted molar refractivity (Wildman–Crippen MR) is 263 cm³/mol. The minimum absolute atomic E-state index is 0. The molecule has 2 aliphatic carbocycles. The Morgan fingerprint density at radius 1 is 0.531 bits per heavy atom. The van der Waals surface area contributed by atoms with Crippen LogP contribution < -0.4 is 14.8 Å². The van der Waals surface area contributed by atoms with Gasteiger partial charge in [-0.3, -0.25) is 9.59 Å². The Hall–Kier alpha value is -6.73. The van der Waals surface area contributed by atoms with E-state index in [0.717, 1.165) is 46.5 Å². The number of halogens is 1. The van der Waals surface area contributed by atoms with E-state index in [2.05, 4.69) is 96.3 Å². The number of ether oxygens (including phenoxy) is 2. The average Bonchev–Trinajstić information content (AvgIpc) is 3.97. The molecule has 7 heteroatoms. The van der Waals surface area contributed by atoms with E-state index in [1.807, 2.05) is 89.8 Å². The molecule has 0 aromatic heterocycles. The molecule has 6 nitrogen and oxygen atoms in total. The molecule has 0 radical (unpaired) electrons. The van der Waals surface area contributed by atoms with Gasteiger partial charge in [0.2, 0.25) is 0 Å². The van der Waals surface area contributed by atoms with Gasteiger partial charge in [-0.05, 0) is 104 Å². The van der Waals surface area contributed by atoms with E-state index < -0.39 is 5.24 Å². The smallest absolute Gasteiger partial charge is 0.258 e. The maximum atomic E-state index is 14.1. The predicted octanol–water partition coefficient (Wildman–Crippen LogP) is 12.5. The first-order valence-electron chi connectivity index (χ1n) is 21.5. The van der Waals surface area contributed by atoms with E-state index in [-0.39, 0.29) is 19.4 Å². The van der Waals surface area contributed by atoms with Crippen LogP contribution in [0.3, 0.4) is 0 Å². The number of amides is 1. The lowest BCUT2D eigenvalue weighted by Crippen LogP contribution is -2.40. The standard InChI is InChI=1S/C28H25NO2.C16H17N.C12H9ClO2.CH4/c1-31-26-16-15-21-11-7-8-14-25(21)27(26)28(30)29(19-20-9-3-2-4-10-20)24-17-22-12-5-6-13-23(22)18-24;1-2-6-13(7-3-1)12-17-16-10-14-8-4-5-9-15(14)11-16;1-15-10-7-6-8-4-2-3-5-9(8)11(10)12(13)14;/h2-16,24H,17-19H2,1H3;1-9,16-17H,10-12H2;2-7H,1H3;1H4. The van der Waals surface area contributed by atoms with Crippen LogP contribution in [0.2, 0.25) is 0 Å². The molecule has 8 aromatic rings. The number of methoxy groups -OCH3 is 2. The first kappa shape index (κ1) is 45.3. The number of carbonyl (C=O) groups is 2. The first-order chi connectivity index (χ1) is 30.9. The van der Waals surface area contributed by atoms with Crippen LogP contribution in [0.4, 0.5) is 0 Å². The van der Waals surface area contributed by atoms with Gasteiger partial charge in [0.1, 0.15) is 11.5 Å². The molecule has 1 amide bonds. The third kappa shape index (κ3) is 10.5. The molecule has 0 saturated heterocycles. The van der Waals surface area contributed by atoms with Crippen LogP contribution >= 0.6 is 11.6 Å². The average molecular weight is 868 g/mol. The summed E-state index contributed by atoms with van der Waals surface area (Å²) in [6.07, 6.45) is 4.09. The Balaban J connectivity index is 0.000000157. The lowest BCUT2D eigenvalue weighted by Gasteiger charge is -2.30. The molecule has 0 saturated carbocycles. The van der Waals surface area contributed by atoms with Crippen molar-refractivity contribution < 1.29 is 19.1 Å². The molecule has 0 unspecified atom stereocenters. The van der Waals surface area contributed by atoms with Gasteiger partial charge in [-0.15, -0.1) is 0 Å². The van der Waals surface area contributed by atoms with Crippen LogP contribution in [0.1, 0.15) is 61.5 Å². The van der Waals surface area contributed by atoms with E-state index in [0.29, 0.717) is 35.2 Å². The van der Waals surface area contributed by atoms with Crippen molar-refractivity contribution in [2.24, 2.45) is 0 Å². The summed E-state index contributed by atoms with van der Waals surface area (Å²) in [6.45, 7) is 1.55. The molecule has 2 aliphatic rings. The normalized spacial score (nSPS) is 12.7. The SMILES string of the molecule is C.COc1ccc2ccccc2c1C(=O)Cl.COc1ccc2ccccc2c1C(=O)N(Cc1ccccc1)C1Cc2ccccc2C1.c1ccc(CNC2Cc3ccccc3C2)cc1. The topological polar surface area (TPSA) is 67.9 Å². The molecular weight excluding hydrogens is 812 g/mol. The van der Waals surface area contributed by atoms with Crippen LogP contribution in [-0.4, -0.2) is 42.4 Å². The van der Waals surface area contributed by atoms with Crippen LogP contribution in [0.5, 0.6) is 11.5 Å². The number of carbonyl (C=O) groups excluding carboxylic acids is 2.